The second-order valence-electron chi connectivity index (χ2n) is 7.32. The third kappa shape index (κ3) is 3.46. The SMILES string of the molecule is Cc1c(C(=O)c2oc3ccc(Cl)cc3c2C)c(O)n(Cc2ccccc2Cl)c(=O)c1C#N. The van der Waals surface area contributed by atoms with E-state index >= 15 is 0 Å². The van der Waals surface area contributed by atoms with E-state index in [1.54, 1.807) is 49.4 Å². The highest BCUT2D eigenvalue weighted by Crippen LogP contribution is 2.32. The molecule has 0 bridgehead atoms. The highest BCUT2D eigenvalue weighted by molar-refractivity contribution is 6.31. The summed E-state index contributed by atoms with van der Waals surface area (Å²) in [6.07, 6.45) is 0. The first kappa shape index (κ1) is 21.7. The summed E-state index contributed by atoms with van der Waals surface area (Å²) in [6, 6.07) is 13.6. The number of nitriles is 1. The predicted molar refractivity (Wildman–Crippen MR) is 122 cm³/mol. The van der Waals surface area contributed by atoms with Gasteiger partial charge in [-0.2, -0.15) is 5.26 Å². The third-order valence-electron chi connectivity index (χ3n) is 5.42. The van der Waals surface area contributed by atoms with Crippen LogP contribution in [0, 0.1) is 25.2 Å². The van der Waals surface area contributed by atoms with Crippen molar-refractivity contribution in [2.45, 2.75) is 20.4 Å². The number of ketones is 1. The Kier molecular flexibility index (Phi) is 5.55. The summed E-state index contributed by atoms with van der Waals surface area (Å²) in [6.45, 7) is 3.03. The molecule has 6 nitrogen and oxygen atoms in total. The van der Waals surface area contributed by atoms with E-state index in [9.17, 15) is 20.0 Å². The van der Waals surface area contributed by atoms with Crippen molar-refractivity contribution in [3.05, 3.63) is 96.4 Å². The van der Waals surface area contributed by atoms with Crippen LogP contribution < -0.4 is 5.56 Å². The van der Waals surface area contributed by atoms with E-state index in [-0.39, 0.29) is 29.0 Å². The molecule has 2 heterocycles. The zero-order valence-corrected chi connectivity index (χ0v) is 18.6. The van der Waals surface area contributed by atoms with Gasteiger partial charge < -0.3 is 9.52 Å². The summed E-state index contributed by atoms with van der Waals surface area (Å²) in [5, 5.41) is 22.1. The molecule has 0 unspecified atom stereocenters. The van der Waals surface area contributed by atoms with Crippen LogP contribution in [0.4, 0.5) is 0 Å². The number of aromatic hydroxyl groups is 1. The summed E-state index contributed by atoms with van der Waals surface area (Å²) in [5.41, 5.74) is 0.482. The smallest absolute Gasteiger partial charge is 0.271 e. The van der Waals surface area contributed by atoms with Crippen LogP contribution in [0.15, 0.2) is 51.7 Å². The number of aromatic nitrogens is 1. The van der Waals surface area contributed by atoms with Gasteiger partial charge in [-0.25, -0.2) is 0 Å². The van der Waals surface area contributed by atoms with E-state index in [2.05, 4.69) is 0 Å². The lowest BCUT2D eigenvalue weighted by Crippen LogP contribution is -2.27. The molecule has 0 aliphatic heterocycles. The van der Waals surface area contributed by atoms with Gasteiger partial charge in [0.15, 0.2) is 5.76 Å². The van der Waals surface area contributed by atoms with Crippen molar-refractivity contribution < 1.29 is 14.3 Å². The largest absolute Gasteiger partial charge is 0.494 e. The van der Waals surface area contributed by atoms with E-state index in [0.29, 0.717) is 32.1 Å². The standard InChI is InChI=1S/C24H16Cl2N2O4/c1-12-17(10-27)23(30)28(11-14-5-3-4-6-18(14)26)24(31)20(12)21(29)22-13(2)16-9-15(25)7-8-19(16)32-22/h3-9,31H,11H2,1-2H3. The molecule has 0 fully saturated rings. The highest BCUT2D eigenvalue weighted by atomic mass is 35.5. The second-order valence-corrected chi connectivity index (χ2v) is 8.16. The number of carbonyl (C=O) groups is 1. The van der Waals surface area contributed by atoms with Crippen molar-refractivity contribution in [3.63, 3.8) is 0 Å². The maximum atomic E-state index is 13.5. The molecule has 4 aromatic rings. The topological polar surface area (TPSA) is 96.2 Å². The molecule has 0 saturated carbocycles. The Balaban J connectivity index is 1.94. The monoisotopic (exact) mass is 466 g/mol. The van der Waals surface area contributed by atoms with Crippen LogP contribution in [0.1, 0.15) is 38.4 Å². The number of aryl methyl sites for hydroxylation is 1. The molecule has 2 aromatic heterocycles. The van der Waals surface area contributed by atoms with E-state index in [4.69, 9.17) is 27.6 Å². The van der Waals surface area contributed by atoms with E-state index < -0.39 is 17.2 Å². The average molecular weight is 467 g/mol. The van der Waals surface area contributed by atoms with Crippen LogP contribution in [0.2, 0.25) is 10.0 Å². The van der Waals surface area contributed by atoms with Crippen LogP contribution in [0.3, 0.4) is 0 Å². The summed E-state index contributed by atoms with van der Waals surface area (Å²) in [7, 11) is 0. The van der Waals surface area contributed by atoms with Gasteiger partial charge in [0, 0.05) is 21.0 Å². The molecule has 160 valence electrons. The van der Waals surface area contributed by atoms with E-state index in [1.165, 1.54) is 6.92 Å². The Morgan fingerprint density at radius 2 is 1.88 bits per heavy atom. The van der Waals surface area contributed by atoms with Gasteiger partial charge in [-0.05, 0) is 49.2 Å². The van der Waals surface area contributed by atoms with Crippen molar-refractivity contribution in [1.82, 2.24) is 4.57 Å². The lowest BCUT2D eigenvalue weighted by atomic mass is 9.98. The van der Waals surface area contributed by atoms with Gasteiger partial charge in [-0.1, -0.05) is 41.4 Å². The summed E-state index contributed by atoms with van der Waals surface area (Å²) in [5.74, 6) is -1.21. The molecule has 8 heteroatoms. The Hall–Kier alpha value is -3.53. The van der Waals surface area contributed by atoms with E-state index in [1.807, 2.05) is 6.07 Å². The fraction of sp³-hybridized carbons (Fsp3) is 0.125. The summed E-state index contributed by atoms with van der Waals surface area (Å²) >= 11 is 12.3. The Bertz CT molecular complexity index is 1510. The number of furan rings is 1. The number of pyridine rings is 1. The number of benzene rings is 2. The minimum absolute atomic E-state index is 0.00695. The zero-order valence-electron chi connectivity index (χ0n) is 17.1. The van der Waals surface area contributed by atoms with Gasteiger partial charge in [0.05, 0.1) is 12.1 Å². The van der Waals surface area contributed by atoms with Crippen molar-refractivity contribution >= 4 is 40.0 Å². The Morgan fingerprint density at radius 1 is 1.16 bits per heavy atom. The number of carbonyl (C=O) groups excluding carboxylic acids is 1. The predicted octanol–water partition coefficient (Wildman–Crippen LogP) is 5.37. The highest BCUT2D eigenvalue weighted by Gasteiger charge is 2.29. The number of rotatable bonds is 4. The number of halogens is 2. The third-order valence-corrected chi connectivity index (χ3v) is 6.02. The maximum absolute atomic E-state index is 13.5. The minimum Gasteiger partial charge on any atom is -0.494 e. The molecule has 0 spiro atoms. The first-order chi connectivity index (χ1) is 15.2. The molecule has 0 aliphatic rings. The molecule has 0 saturated heterocycles. The lowest BCUT2D eigenvalue weighted by Gasteiger charge is -2.15. The van der Waals surface area contributed by atoms with Crippen molar-refractivity contribution in [1.29, 1.82) is 5.26 Å². The number of nitrogens with zero attached hydrogens (tertiary/aromatic N) is 2. The average Bonchev–Trinajstić information content (AvgIpc) is 3.08. The zero-order chi connectivity index (χ0) is 23.2. The van der Waals surface area contributed by atoms with Crippen LogP contribution >= 0.6 is 23.2 Å². The molecule has 0 radical (unpaired) electrons. The molecule has 32 heavy (non-hydrogen) atoms. The van der Waals surface area contributed by atoms with Gasteiger partial charge in [-0.3, -0.25) is 14.2 Å². The maximum Gasteiger partial charge on any atom is 0.271 e. The molecule has 0 aliphatic carbocycles. The van der Waals surface area contributed by atoms with Crippen LogP contribution in [-0.4, -0.2) is 15.5 Å². The number of hydrogen-bond donors (Lipinski definition) is 1. The minimum atomic E-state index is -0.716. The Labute approximate surface area is 192 Å². The van der Waals surface area contributed by atoms with Gasteiger partial charge >= 0.3 is 0 Å². The van der Waals surface area contributed by atoms with Crippen molar-refractivity contribution in [2.75, 3.05) is 0 Å². The number of fused-ring (bicyclic) bond motifs is 1. The molecule has 0 atom stereocenters. The second kappa shape index (κ2) is 8.19. The van der Waals surface area contributed by atoms with Crippen molar-refractivity contribution in [3.8, 4) is 11.9 Å². The summed E-state index contributed by atoms with van der Waals surface area (Å²) in [4.78, 5) is 26.4. The molecule has 1 N–H and O–H groups in total. The van der Waals surface area contributed by atoms with Crippen LogP contribution in [0.5, 0.6) is 5.88 Å². The van der Waals surface area contributed by atoms with Crippen LogP contribution in [0.25, 0.3) is 11.0 Å². The quantitative estimate of drug-likeness (QED) is 0.407. The summed E-state index contributed by atoms with van der Waals surface area (Å²) < 4.78 is 6.72. The first-order valence-corrected chi connectivity index (χ1v) is 10.3. The van der Waals surface area contributed by atoms with Gasteiger partial charge in [0.1, 0.15) is 17.2 Å². The van der Waals surface area contributed by atoms with Gasteiger partial charge in [0.2, 0.25) is 11.7 Å². The Morgan fingerprint density at radius 3 is 2.56 bits per heavy atom. The van der Waals surface area contributed by atoms with E-state index in [0.717, 1.165) is 4.57 Å². The number of hydrogen-bond acceptors (Lipinski definition) is 5. The molecular formula is C24H16Cl2N2O4. The first-order valence-electron chi connectivity index (χ1n) is 9.57. The fourth-order valence-corrected chi connectivity index (χ4v) is 4.06. The van der Waals surface area contributed by atoms with Gasteiger partial charge in [-0.15, -0.1) is 0 Å². The fourth-order valence-electron chi connectivity index (χ4n) is 3.69. The van der Waals surface area contributed by atoms with Gasteiger partial charge in [0.25, 0.3) is 5.56 Å². The van der Waals surface area contributed by atoms with Crippen LogP contribution in [-0.2, 0) is 6.54 Å². The molecular weight excluding hydrogens is 451 g/mol. The molecule has 2 aromatic carbocycles. The normalized spacial score (nSPS) is 11.0. The van der Waals surface area contributed by atoms with Crippen molar-refractivity contribution in [2.24, 2.45) is 0 Å². The lowest BCUT2D eigenvalue weighted by molar-refractivity contribution is 0.101. The molecule has 0 amide bonds. The molecule has 4 rings (SSSR count).